The van der Waals surface area contributed by atoms with E-state index in [4.69, 9.17) is 0 Å². The molecule has 0 fully saturated rings. The molecule has 5 heteroatoms. The topological polar surface area (TPSA) is 46.9 Å². The van der Waals surface area contributed by atoms with Gasteiger partial charge in [-0.2, -0.15) is 0 Å². The van der Waals surface area contributed by atoms with E-state index in [9.17, 15) is 4.79 Å². The van der Waals surface area contributed by atoms with Gasteiger partial charge < -0.3 is 9.88 Å². The molecule has 0 aliphatic rings. The average Bonchev–Trinajstić information content (AvgIpc) is 3.03. The molecule has 1 atom stereocenters. The van der Waals surface area contributed by atoms with Crippen molar-refractivity contribution in [2.24, 2.45) is 0 Å². The van der Waals surface area contributed by atoms with Gasteiger partial charge in [-0.25, -0.2) is 4.98 Å². The quantitative estimate of drug-likeness (QED) is 0.690. The van der Waals surface area contributed by atoms with E-state index in [1.807, 2.05) is 61.7 Å². The molecule has 1 heterocycles. The van der Waals surface area contributed by atoms with Crippen LogP contribution in [0.1, 0.15) is 12.5 Å². The Kier molecular flexibility index (Phi) is 5.33. The van der Waals surface area contributed by atoms with Gasteiger partial charge in [0.2, 0.25) is 5.91 Å². The minimum absolute atomic E-state index is 0.0274. The van der Waals surface area contributed by atoms with Gasteiger partial charge in [-0.1, -0.05) is 60.3 Å². The maximum absolute atomic E-state index is 12.3. The van der Waals surface area contributed by atoms with Gasteiger partial charge >= 0.3 is 0 Å². The van der Waals surface area contributed by atoms with Gasteiger partial charge in [0.1, 0.15) is 0 Å². The summed E-state index contributed by atoms with van der Waals surface area (Å²) in [4.78, 5) is 16.7. The van der Waals surface area contributed by atoms with E-state index in [0.717, 1.165) is 17.4 Å². The van der Waals surface area contributed by atoms with Crippen LogP contribution in [0, 0.1) is 0 Å². The number of carbonyl (C=O) groups is 1. The van der Waals surface area contributed by atoms with E-state index in [0.29, 0.717) is 0 Å². The first-order chi connectivity index (χ1) is 11.7. The van der Waals surface area contributed by atoms with Gasteiger partial charge in [-0.15, -0.1) is 0 Å². The number of para-hydroxylation sites is 1. The summed E-state index contributed by atoms with van der Waals surface area (Å²) >= 11 is 1.46. The van der Waals surface area contributed by atoms with Gasteiger partial charge in [0.15, 0.2) is 5.16 Å². The Labute approximate surface area is 145 Å². The largest absolute Gasteiger partial charge is 0.325 e. The molecule has 0 radical (unpaired) electrons. The highest BCUT2D eigenvalue weighted by Gasteiger charge is 2.17. The lowest BCUT2D eigenvalue weighted by Crippen LogP contribution is -2.22. The second kappa shape index (κ2) is 7.84. The zero-order chi connectivity index (χ0) is 16.8. The third kappa shape index (κ3) is 4.26. The lowest BCUT2D eigenvalue weighted by atomic mass is 10.2. The van der Waals surface area contributed by atoms with Crippen LogP contribution >= 0.6 is 11.8 Å². The van der Waals surface area contributed by atoms with Crippen LogP contribution < -0.4 is 5.32 Å². The number of anilines is 1. The predicted molar refractivity (Wildman–Crippen MR) is 98.2 cm³/mol. The van der Waals surface area contributed by atoms with Crippen LogP contribution in [0.4, 0.5) is 5.69 Å². The molecule has 24 heavy (non-hydrogen) atoms. The summed E-state index contributed by atoms with van der Waals surface area (Å²) in [5.41, 5.74) is 2.02. The Hall–Kier alpha value is -2.53. The fraction of sp³-hybridized carbons (Fsp3) is 0.158. The summed E-state index contributed by atoms with van der Waals surface area (Å²) in [7, 11) is 0. The lowest BCUT2D eigenvalue weighted by Gasteiger charge is -2.13. The first-order valence-corrected chi connectivity index (χ1v) is 8.68. The molecule has 0 saturated carbocycles. The first-order valence-electron chi connectivity index (χ1n) is 7.80. The molecule has 3 aromatic rings. The number of aromatic nitrogens is 2. The number of hydrogen-bond acceptors (Lipinski definition) is 3. The third-order valence-corrected chi connectivity index (χ3v) is 4.68. The minimum atomic E-state index is -0.234. The van der Waals surface area contributed by atoms with Crippen LogP contribution in [0.25, 0.3) is 0 Å². The Balaban J connectivity index is 1.63. The molecule has 122 valence electrons. The summed E-state index contributed by atoms with van der Waals surface area (Å²) in [6.07, 6.45) is 3.71. The summed E-state index contributed by atoms with van der Waals surface area (Å²) in [6.45, 7) is 2.64. The lowest BCUT2D eigenvalue weighted by molar-refractivity contribution is -0.115. The minimum Gasteiger partial charge on any atom is -0.325 e. The highest BCUT2D eigenvalue weighted by Crippen LogP contribution is 2.23. The molecule has 0 saturated heterocycles. The second-order valence-electron chi connectivity index (χ2n) is 5.44. The predicted octanol–water partition coefficient (Wildman–Crippen LogP) is 4.05. The number of rotatable bonds is 6. The molecule has 4 nitrogen and oxygen atoms in total. The normalized spacial score (nSPS) is 11.9. The smallest absolute Gasteiger partial charge is 0.237 e. The van der Waals surface area contributed by atoms with Gasteiger partial charge in [-0.3, -0.25) is 4.79 Å². The molecule has 1 amide bonds. The molecule has 0 bridgehead atoms. The Morgan fingerprint density at radius 2 is 1.79 bits per heavy atom. The van der Waals surface area contributed by atoms with Crippen molar-refractivity contribution in [1.29, 1.82) is 0 Å². The van der Waals surface area contributed by atoms with Gasteiger partial charge in [-0.05, 0) is 24.6 Å². The highest BCUT2D eigenvalue weighted by molar-refractivity contribution is 8.00. The van der Waals surface area contributed by atoms with Gasteiger partial charge in [0.05, 0.1) is 5.25 Å². The molecule has 0 aliphatic heterocycles. The van der Waals surface area contributed by atoms with Crippen molar-refractivity contribution >= 4 is 23.4 Å². The number of benzene rings is 2. The van der Waals surface area contributed by atoms with Crippen LogP contribution in [0.3, 0.4) is 0 Å². The van der Waals surface area contributed by atoms with Crippen molar-refractivity contribution in [3.63, 3.8) is 0 Å². The number of nitrogens with zero attached hydrogens (tertiary/aromatic N) is 2. The number of thioether (sulfide) groups is 1. The second-order valence-corrected chi connectivity index (χ2v) is 6.75. The van der Waals surface area contributed by atoms with Gasteiger partial charge in [0.25, 0.3) is 0 Å². The van der Waals surface area contributed by atoms with Crippen molar-refractivity contribution in [3.05, 3.63) is 78.6 Å². The van der Waals surface area contributed by atoms with Crippen molar-refractivity contribution in [2.75, 3.05) is 5.32 Å². The van der Waals surface area contributed by atoms with Crippen LogP contribution in [-0.4, -0.2) is 20.7 Å². The van der Waals surface area contributed by atoms with Crippen LogP contribution in [-0.2, 0) is 11.3 Å². The Morgan fingerprint density at radius 1 is 1.12 bits per heavy atom. The summed E-state index contributed by atoms with van der Waals surface area (Å²) in [5, 5.41) is 3.53. The van der Waals surface area contributed by atoms with Crippen molar-refractivity contribution in [2.45, 2.75) is 23.9 Å². The zero-order valence-electron chi connectivity index (χ0n) is 13.4. The summed E-state index contributed by atoms with van der Waals surface area (Å²) in [6, 6.07) is 19.7. The molecule has 0 spiro atoms. The van der Waals surface area contributed by atoms with Gasteiger partial charge in [0, 0.05) is 24.6 Å². The number of nitrogens with one attached hydrogen (secondary N) is 1. The fourth-order valence-electron chi connectivity index (χ4n) is 2.29. The standard InChI is InChI=1S/C19H19N3OS/c1-15(18(23)21-17-10-6-3-7-11-17)24-19-20-12-13-22(19)14-16-8-4-2-5-9-16/h2-13,15H,14H2,1H3,(H,21,23). The monoisotopic (exact) mass is 337 g/mol. The highest BCUT2D eigenvalue weighted by atomic mass is 32.2. The third-order valence-electron chi connectivity index (χ3n) is 3.57. The summed E-state index contributed by atoms with van der Waals surface area (Å²) < 4.78 is 2.06. The molecule has 1 aromatic heterocycles. The van der Waals surface area contributed by atoms with Crippen molar-refractivity contribution < 1.29 is 4.79 Å². The van der Waals surface area contributed by atoms with Crippen LogP contribution in [0.2, 0.25) is 0 Å². The molecular weight excluding hydrogens is 318 g/mol. The molecule has 0 aliphatic carbocycles. The number of amides is 1. The maximum Gasteiger partial charge on any atom is 0.237 e. The fourth-order valence-corrected chi connectivity index (χ4v) is 3.16. The Bertz CT molecular complexity index is 787. The van der Waals surface area contributed by atoms with Crippen molar-refractivity contribution in [3.8, 4) is 0 Å². The SMILES string of the molecule is CC(Sc1nccn1Cc1ccccc1)C(=O)Nc1ccccc1. The van der Waals surface area contributed by atoms with E-state index >= 15 is 0 Å². The van der Waals surface area contributed by atoms with E-state index in [1.165, 1.54) is 17.3 Å². The molecular formula is C19H19N3OS. The average molecular weight is 337 g/mol. The van der Waals surface area contributed by atoms with Crippen LogP contribution in [0.5, 0.6) is 0 Å². The number of carbonyl (C=O) groups excluding carboxylic acids is 1. The van der Waals surface area contributed by atoms with E-state index in [1.54, 1.807) is 6.20 Å². The number of imidazole rings is 1. The number of hydrogen-bond donors (Lipinski definition) is 1. The Morgan fingerprint density at radius 3 is 2.50 bits per heavy atom. The summed E-state index contributed by atoms with van der Waals surface area (Å²) in [5.74, 6) is -0.0274. The zero-order valence-corrected chi connectivity index (χ0v) is 14.2. The van der Waals surface area contributed by atoms with E-state index < -0.39 is 0 Å². The van der Waals surface area contributed by atoms with E-state index in [2.05, 4.69) is 27.0 Å². The van der Waals surface area contributed by atoms with Crippen LogP contribution in [0.15, 0.2) is 78.2 Å². The van der Waals surface area contributed by atoms with Crippen molar-refractivity contribution in [1.82, 2.24) is 9.55 Å². The maximum atomic E-state index is 12.3. The molecule has 3 rings (SSSR count). The molecule has 2 aromatic carbocycles. The van der Waals surface area contributed by atoms with E-state index in [-0.39, 0.29) is 11.2 Å². The molecule has 1 unspecified atom stereocenters. The first kappa shape index (κ1) is 16.3. The molecule has 1 N–H and O–H groups in total.